The molecule has 0 amide bonds. The highest BCUT2D eigenvalue weighted by Crippen LogP contribution is 2.06. The molecule has 0 aromatic rings. The van der Waals surface area contributed by atoms with Crippen molar-refractivity contribution in [1.82, 2.24) is 0 Å². The molecule has 4 nitrogen and oxygen atoms in total. The summed E-state index contributed by atoms with van der Waals surface area (Å²) in [5.74, 6) is -1.44. The summed E-state index contributed by atoms with van der Waals surface area (Å²) in [6.45, 7) is 1.42. The lowest BCUT2D eigenvalue weighted by molar-refractivity contribution is -0.142. The fourth-order valence-electron chi connectivity index (χ4n) is 1.28. The molecule has 0 aromatic heterocycles. The Morgan fingerprint density at radius 2 is 1.73 bits per heavy atom. The van der Waals surface area contributed by atoms with Gasteiger partial charge in [-0.2, -0.15) is 0 Å². The van der Waals surface area contributed by atoms with Crippen LogP contribution in [0.5, 0.6) is 0 Å². The summed E-state index contributed by atoms with van der Waals surface area (Å²) in [6.07, 6.45) is 3.61. The lowest BCUT2D eigenvalue weighted by atomic mass is 10.0. The summed E-state index contributed by atoms with van der Waals surface area (Å²) in [4.78, 5) is 22.2. The van der Waals surface area contributed by atoms with Gasteiger partial charge >= 0.3 is 0 Å². The van der Waals surface area contributed by atoms with Gasteiger partial charge in [0.2, 0.25) is 11.6 Å². The molecule has 88 valence electrons. The molecule has 15 heavy (non-hydrogen) atoms. The first-order valence-corrected chi connectivity index (χ1v) is 5.49. The maximum Gasteiger partial charge on any atom is 0.229 e. The van der Waals surface area contributed by atoms with Crippen molar-refractivity contribution < 1.29 is 19.8 Å². The molecule has 0 rings (SSSR count). The van der Waals surface area contributed by atoms with Crippen molar-refractivity contribution in [3.8, 4) is 0 Å². The van der Waals surface area contributed by atoms with Crippen LogP contribution in [0.4, 0.5) is 0 Å². The molecular weight excluding hydrogens is 196 g/mol. The standard InChI is InChI=1S/C11H20O4/c1-2-3-4-5-6-7-9(13)11(15)10(14)8-12/h10,12,14H,2-8H2,1H3/t10-/m0/s1. The topological polar surface area (TPSA) is 74.6 Å². The first kappa shape index (κ1) is 14.3. The first-order chi connectivity index (χ1) is 7.13. The van der Waals surface area contributed by atoms with Crippen LogP contribution in [0, 0.1) is 0 Å². The predicted octanol–water partition coefficient (Wildman–Crippen LogP) is 0.838. The average molecular weight is 216 g/mol. The molecule has 0 aliphatic heterocycles. The summed E-state index contributed by atoms with van der Waals surface area (Å²) in [7, 11) is 0. The van der Waals surface area contributed by atoms with Crippen molar-refractivity contribution >= 4 is 11.6 Å². The van der Waals surface area contributed by atoms with E-state index in [1.54, 1.807) is 0 Å². The third-order valence-electron chi connectivity index (χ3n) is 2.26. The Morgan fingerprint density at radius 1 is 1.13 bits per heavy atom. The Hall–Kier alpha value is -0.740. The van der Waals surface area contributed by atoms with Crippen molar-refractivity contribution in [3.05, 3.63) is 0 Å². The summed E-state index contributed by atoms with van der Waals surface area (Å²) in [6, 6.07) is 0. The van der Waals surface area contributed by atoms with Crippen LogP contribution in [-0.4, -0.2) is 34.5 Å². The Morgan fingerprint density at radius 3 is 2.27 bits per heavy atom. The molecule has 0 spiro atoms. The van der Waals surface area contributed by atoms with Gasteiger partial charge in [0.25, 0.3) is 0 Å². The van der Waals surface area contributed by atoms with E-state index in [1.807, 2.05) is 0 Å². The van der Waals surface area contributed by atoms with E-state index in [4.69, 9.17) is 10.2 Å². The van der Waals surface area contributed by atoms with Gasteiger partial charge < -0.3 is 10.2 Å². The monoisotopic (exact) mass is 216 g/mol. The van der Waals surface area contributed by atoms with Crippen LogP contribution in [0.25, 0.3) is 0 Å². The summed E-state index contributed by atoms with van der Waals surface area (Å²) in [5, 5.41) is 17.4. The second-order valence-corrected chi connectivity index (χ2v) is 3.65. The number of hydrogen-bond acceptors (Lipinski definition) is 4. The van der Waals surface area contributed by atoms with Crippen LogP contribution in [-0.2, 0) is 9.59 Å². The smallest absolute Gasteiger partial charge is 0.229 e. The second kappa shape index (κ2) is 8.56. The molecule has 0 aromatic carbocycles. The number of unbranched alkanes of at least 4 members (excludes halogenated alkanes) is 4. The first-order valence-electron chi connectivity index (χ1n) is 5.49. The molecule has 0 fully saturated rings. The number of carbonyl (C=O) groups excluding carboxylic acids is 2. The van der Waals surface area contributed by atoms with Crippen LogP contribution in [0.2, 0.25) is 0 Å². The van der Waals surface area contributed by atoms with Crippen LogP contribution in [0.1, 0.15) is 45.4 Å². The molecule has 2 N–H and O–H groups in total. The Labute approximate surface area is 90.3 Å². The highest BCUT2D eigenvalue weighted by Gasteiger charge is 2.21. The summed E-state index contributed by atoms with van der Waals surface area (Å²) >= 11 is 0. The number of rotatable bonds is 9. The molecule has 0 bridgehead atoms. The average Bonchev–Trinajstić information content (AvgIpc) is 2.26. The van der Waals surface area contributed by atoms with Crippen molar-refractivity contribution in [2.75, 3.05) is 6.61 Å². The number of aliphatic hydroxyl groups is 2. The molecule has 0 aliphatic rings. The van der Waals surface area contributed by atoms with E-state index in [0.29, 0.717) is 6.42 Å². The lowest BCUT2D eigenvalue weighted by Gasteiger charge is -2.04. The summed E-state index contributed by atoms with van der Waals surface area (Å²) in [5.41, 5.74) is 0. The minimum Gasteiger partial charge on any atom is -0.393 e. The van der Waals surface area contributed by atoms with Gasteiger partial charge in [-0.1, -0.05) is 32.6 Å². The van der Waals surface area contributed by atoms with E-state index in [-0.39, 0.29) is 6.42 Å². The number of hydrogen-bond donors (Lipinski definition) is 2. The number of ketones is 2. The fraction of sp³-hybridized carbons (Fsp3) is 0.818. The van der Waals surface area contributed by atoms with Gasteiger partial charge in [-0.15, -0.1) is 0 Å². The fourth-order valence-corrected chi connectivity index (χ4v) is 1.28. The summed E-state index contributed by atoms with van der Waals surface area (Å²) < 4.78 is 0. The van der Waals surface area contributed by atoms with Crippen LogP contribution in [0.15, 0.2) is 0 Å². The minimum absolute atomic E-state index is 0.180. The Kier molecular flexibility index (Phi) is 8.14. The van der Waals surface area contributed by atoms with Gasteiger partial charge in [0.15, 0.2) is 0 Å². The van der Waals surface area contributed by atoms with Gasteiger partial charge in [-0.25, -0.2) is 0 Å². The normalized spacial score (nSPS) is 12.5. The molecular formula is C11H20O4. The van der Waals surface area contributed by atoms with Gasteiger partial charge in [-0.05, 0) is 6.42 Å². The van der Waals surface area contributed by atoms with E-state index in [2.05, 4.69) is 6.92 Å². The predicted molar refractivity (Wildman–Crippen MR) is 56.5 cm³/mol. The third-order valence-corrected chi connectivity index (χ3v) is 2.26. The molecule has 0 heterocycles. The molecule has 4 heteroatoms. The van der Waals surface area contributed by atoms with E-state index in [9.17, 15) is 9.59 Å². The maximum absolute atomic E-state index is 11.2. The molecule has 0 saturated carbocycles. The third kappa shape index (κ3) is 6.36. The van der Waals surface area contributed by atoms with Crippen molar-refractivity contribution in [2.24, 2.45) is 0 Å². The number of carbonyl (C=O) groups is 2. The number of aliphatic hydroxyl groups excluding tert-OH is 2. The zero-order valence-corrected chi connectivity index (χ0v) is 9.24. The number of Topliss-reactive ketones (excluding diaryl/α,β-unsaturated/α-hetero) is 2. The van der Waals surface area contributed by atoms with E-state index >= 15 is 0 Å². The molecule has 1 atom stereocenters. The van der Waals surface area contributed by atoms with Gasteiger partial charge in [-0.3, -0.25) is 9.59 Å². The quantitative estimate of drug-likeness (QED) is 0.442. The molecule has 0 saturated heterocycles. The van der Waals surface area contributed by atoms with Gasteiger partial charge in [0.05, 0.1) is 6.61 Å². The van der Waals surface area contributed by atoms with E-state index < -0.39 is 24.3 Å². The molecule has 0 aliphatic carbocycles. The zero-order valence-electron chi connectivity index (χ0n) is 9.24. The highest BCUT2D eigenvalue weighted by molar-refractivity contribution is 6.38. The lowest BCUT2D eigenvalue weighted by Crippen LogP contribution is -2.31. The van der Waals surface area contributed by atoms with Crippen molar-refractivity contribution in [3.63, 3.8) is 0 Å². The van der Waals surface area contributed by atoms with Crippen LogP contribution in [0.3, 0.4) is 0 Å². The maximum atomic E-state index is 11.2. The Balaban J connectivity index is 3.61. The largest absolute Gasteiger partial charge is 0.393 e. The van der Waals surface area contributed by atoms with E-state index in [0.717, 1.165) is 25.7 Å². The zero-order chi connectivity index (χ0) is 11.7. The van der Waals surface area contributed by atoms with E-state index in [1.165, 1.54) is 0 Å². The van der Waals surface area contributed by atoms with Gasteiger partial charge in [0, 0.05) is 6.42 Å². The van der Waals surface area contributed by atoms with Crippen molar-refractivity contribution in [2.45, 2.75) is 51.6 Å². The van der Waals surface area contributed by atoms with Gasteiger partial charge in [0.1, 0.15) is 6.10 Å². The molecule has 0 unspecified atom stereocenters. The highest BCUT2D eigenvalue weighted by atomic mass is 16.3. The Bertz CT molecular complexity index is 201. The van der Waals surface area contributed by atoms with Crippen LogP contribution >= 0.6 is 0 Å². The molecule has 0 radical (unpaired) electrons. The minimum atomic E-state index is -1.53. The van der Waals surface area contributed by atoms with Crippen LogP contribution < -0.4 is 0 Å². The van der Waals surface area contributed by atoms with Crippen molar-refractivity contribution in [1.29, 1.82) is 0 Å². The second-order valence-electron chi connectivity index (χ2n) is 3.65. The SMILES string of the molecule is CCCCCCCC(=O)C(=O)[C@@H](O)CO.